The van der Waals surface area contributed by atoms with Gasteiger partial charge in [0, 0.05) is 25.2 Å². The molecule has 1 saturated heterocycles. The standard InChI is InChI=1S/C19H24N4O5S/c1-29(25,26)23-8-6-14(7-9-23)19(24)21-15-10-20-22(11-15)12-16-13-27-17-4-2-3-5-18(17)28-16/h2-5,10-11,14,16H,6-9,12-13H2,1H3,(H,21,24)/t16-/m1/s1. The molecule has 1 fully saturated rings. The van der Waals surface area contributed by atoms with E-state index in [1.54, 1.807) is 17.1 Å². The van der Waals surface area contributed by atoms with Crippen LogP contribution < -0.4 is 14.8 Å². The lowest BCUT2D eigenvalue weighted by Gasteiger charge is -2.29. The number of benzene rings is 1. The molecule has 156 valence electrons. The number of aromatic nitrogens is 2. The van der Waals surface area contributed by atoms with Gasteiger partial charge in [-0.15, -0.1) is 0 Å². The lowest BCUT2D eigenvalue weighted by molar-refractivity contribution is -0.120. The molecule has 1 N–H and O–H groups in total. The predicted molar refractivity (Wildman–Crippen MR) is 106 cm³/mol. The van der Waals surface area contributed by atoms with Crippen LogP contribution in [0.1, 0.15) is 12.8 Å². The van der Waals surface area contributed by atoms with Gasteiger partial charge in [-0.3, -0.25) is 9.48 Å². The molecule has 2 aliphatic heterocycles. The van der Waals surface area contributed by atoms with E-state index in [1.165, 1.54) is 10.6 Å². The highest BCUT2D eigenvalue weighted by Gasteiger charge is 2.29. The first-order valence-corrected chi connectivity index (χ1v) is 11.4. The zero-order valence-electron chi connectivity index (χ0n) is 16.2. The Balaban J connectivity index is 1.29. The summed E-state index contributed by atoms with van der Waals surface area (Å²) >= 11 is 0. The summed E-state index contributed by atoms with van der Waals surface area (Å²) in [7, 11) is -3.20. The van der Waals surface area contributed by atoms with Crippen molar-refractivity contribution in [3.63, 3.8) is 0 Å². The van der Waals surface area contributed by atoms with Gasteiger partial charge in [-0.2, -0.15) is 5.10 Å². The van der Waals surface area contributed by atoms with Crippen LogP contribution in [0.25, 0.3) is 0 Å². The first kappa shape index (κ1) is 19.7. The summed E-state index contributed by atoms with van der Waals surface area (Å²) in [6, 6.07) is 7.53. The van der Waals surface area contributed by atoms with Crippen molar-refractivity contribution in [1.29, 1.82) is 0 Å². The highest BCUT2D eigenvalue weighted by Crippen LogP contribution is 2.31. The molecule has 0 saturated carbocycles. The van der Waals surface area contributed by atoms with E-state index in [2.05, 4.69) is 10.4 Å². The quantitative estimate of drug-likeness (QED) is 0.783. The molecule has 0 unspecified atom stereocenters. The third-order valence-electron chi connectivity index (χ3n) is 5.15. The molecule has 10 heteroatoms. The number of hydrogen-bond donors (Lipinski definition) is 1. The van der Waals surface area contributed by atoms with Crippen LogP contribution in [0.15, 0.2) is 36.7 Å². The third kappa shape index (κ3) is 4.70. The minimum absolute atomic E-state index is 0.108. The number of fused-ring (bicyclic) bond motifs is 1. The van der Waals surface area contributed by atoms with Crippen LogP contribution in [-0.2, 0) is 21.4 Å². The van der Waals surface area contributed by atoms with Crippen LogP contribution in [0.5, 0.6) is 11.5 Å². The Morgan fingerprint density at radius 2 is 1.97 bits per heavy atom. The number of hydrogen-bond acceptors (Lipinski definition) is 6. The molecule has 1 aromatic carbocycles. The van der Waals surface area contributed by atoms with Gasteiger partial charge in [0.05, 0.1) is 24.7 Å². The maximum Gasteiger partial charge on any atom is 0.227 e. The fourth-order valence-electron chi connectivity index (χ4n) is 3.58. The van der Waals surface area contributed by atoms with Crippen molar-refractivity contribution >= 4 is 21.6 Å². The van der Waals surface area contributed by atoms with E-state index in [4.69, 9.17) is 9.47 Å². The fraction of sp³-hybridized carbons (Fsp3) is 0.474. The number of nitrogens with zero attached hydrogens (tertiary/aromatic N) is 3. The third-order valence-corrected chi connectivity index (χ3v) is 6.46. The molecule has 9 nitrogen and oxygen atoms in total. The topological polar surface area (TPSA) is 103 Å². The van der Waals surface area contributed by atoms with E-state index in [0.717, 1.165) is 5.75 Å². The molecule has 29 heavy (non-hydrogen) atoms. The fourth-order valence-corrected chi connectivity index (χ4v) is 4.46. The highest BCUT2D eigenvalue weighted by atomic mass is 32.2. The molecule has 1 aromatic heterocycles. The Morgan fingerprint density at radius 3 is 2.69 bits per heavy atom. The van der Waals surface area contributed by atoms with Gasteiger partial charge < -0.3 is 14.8 Å². The molecule has 0 spiro atoms. The average Bonchev–Trinajstić information content (AvgIpc) is 3.14. The molecule has 0 radical (unpaired) electrons. The lowest BCUT2D eigenvalue weighted by Crippen LogP contribution is -2.40. The minimum Gasteiger partial charge on any atom is -0.486 e. The van der Waals surface area contributed by atoms with Crippen LogP contribution in [0.2, 0.25) is 0 Å². The van der Waals surface area contributed by atoms with Crippen molar-refractivity contribution in [1.82, 2.24) is 14.1 Å². The van der Waals surface area contributed by atoms with Crippen LogP contribution in [0, 0.1) is 5.92 Å². The summed E-state index contributed by atoms with van der Waals surface area (Å²) < 4.78 is 37.9. The number of carbonyl (C=O) groups is 1. The zero-order valence-corrected chi connectivity index (χ0v) is 17.0. The maximum absolute atomic E-state index is 12.5. The van der Waals surface area contributed by atoms with E-state index in [1.807, 2.05) is 24.3 Å². The number of piperidine rings is 1. The van der Waals surface area contributed by atoms with Gasteiger partial charge >= 0.3 is 0 Å². The van der Waals surface area contributed by atoms with Crippen molar-refractivity contribution in [3.05, 3.63) is 36.7 Å². The van der Waals surface area contributed by atoms with Gasteiger partial charge in [0.2, 0.25) is 15.9 Å². The normalized spacial score (nSPS) is 20.4. The molecule has 2 aliphatic rings. The van der Waals surface area contributed by atoms with Crippen LogP contribution in [-0.4, -0.2) is 60.5 Å². The summed E-state index contributed by atoms with van der Waals surface area (Å²) in [5.74, 6) is 1.13. The number of ether oxygens (including phenoxy) is 2. The monoisotopic (exact) mass is 420 g/mol. The molecule has 3 heterocycles. The highest BCUT2D eigenvalue weighted by molar-refractivity contribution is 7.88. The summed E-state index contributed by atoms with van der Waals surface area (Å²) in [4.78, 5) is 12.5. The lowest BCUT2D eigenvalue weighted by atomic mass is 9.97. The zero-order chi connectivity index (χ0) is 20.4. The van der Waals surface area contributed by atoms with Crippen molar-refractivity contribution in [2.45, 2.75) is 25.5 Å². The Hall–Kier alpha value is -2.59. The van der Waals surface area contributed by atoms with Gasteiger partial charge in [-0.1, -0.05) is 12.1 Å². The number of rotatable bonds is 5. The summed E-state index contributed by atoms with van der Waals surface area (Å²) in [6.45, 7) is 1.67. The number of nitrogens with one attached hydrogen (secondary N) is 1. The number of amides is 1. The Bertz CT molecular complexity index is 982. The number of anilines is 1. The molecule has 1 atom stereocenters. The van der Waals surface area contributed by atoms with Crippen LogP contribution >= 0.6 is 0 Å². The second-order valence-electron chi connectivity index (χ2n) is 7.37. The van der Waals surface area contributed by atoms with Crippen LogP contribution in [0.4, 0.5) is 5.69 Å². The van der Waals surface area contributed by atoms with E-state index in [0.29, 0.717) is 50.5 Å². The van der Waals surface area contributed by atoms with Crippen molar-refractivity contribution in [2.75, 3.05) is 31.3 Å². The van der Waals surface area contributed by atoms with E-state index >= 15 is 0 Å². The number of carbonyl (C=O) groups excluding carboxylic acids is 1. The molecular formula is C19H24N4O5S. The van der Waals surface area contributed by atoms with Crippen molar-refractivity contribution in [2.24, 2.45) is 5.92 Å². The summed E-state index contributed by atoms with van der Waals surface area (Å²) in [5, 5.41) is 7.16. The van der Waals surface area contributed by atoms with Crippen molar-refractivity contribution < 1.29 is 22.7 Å². The smallest absolute Gasteiger partial charge is 0.227 e. The largest absolute Gasteiger partial charge is 0.486 e. The summed E-state index contributed by atoms with van der Waals surface area (Å²) in [6.07, 6.45) is 5.41. The molecule has 2 aromatic rings. The van der Waals surface area contributed by atoms with E-state index in [-0.39, 0.29) is 17.9 Å². The molecule has 0 aliphatic carbocycles. The van der Waals surface area contributed by atoms with Gasteiger partial charge in [0.15, 0.2) is 17.6 Å². The van der Waals surface area contributed by atoms with Gasteiger partial charge in [0.25, 0.3) is 0 Å². The number of para-hydroxylation sites is 2. The van der Waals surface area contributed by atoms with E-state index in [9.17, 15) is 13.2 Å². The second-order valence-corrected chi connectivity index (χ2v) is 9.36. The minimum atomic E-state index is -3.20. The Kier molecular flexibility index (Phi) is 5.46. The first-order valence-electron chi connectivity index (χ1n) is 9.55. The maximum atomic E-state index is 12.5. The molecule has 0 bridgehead atoms. The molecule has 4 rings (SSSR count). The van der Waals surface area contributed by atoms with Crippen LogP contribution in [0.3, 0.4) is 0 Å². The Labute approximate surface area is 169 Å². The SMILES string of the molecule is CS(=O)(=O)N1CCC(C(=O)Nc2cnn(C[C@@H]3COc4ccccc4O3)c2)CC1. The van der Waals surface area contributed by atoms with Crippen molar-refractivity contribution in [3.8, 4) is 11.5 Å². The van der Waals surface area contributed by atoms with Gasteiger partial charge in [-0.05, 0) is 25.0 Å². The molecular weight excluding hydrogens is 396 g/mol. The number of sulfonamides is 1. The predicted octanol–water partition coefficient (Wildman–Crippen LogP) is 1.33. The van der Waals surface area contributed by atoms with E-state index < -0.39 is 10.0 Å². The average molecular weight is 420 g/mol. The van der Waals surface area contributed by atoms with Gasteiger partial charge in [0.1, 0.15) is 6.61 Å². The Morgan fingerprint density at radius 1 is 1.24 bits per heavy atom. The molecule has 1 amide bonds. The first-order chi connectivity index (χ1) is 13.9. The second kappa shape index (κ2) is 8.03. The summed E-state index contributed by atoms with van der Waals surface area (Å²) in [5.41, 5.74) is 0.609. The van der Waals surface area contributed by atoms with Gasteiger partial charge in [-0.25, -0.2) is 12.7 Å².